The summed E-state index contributed by atoms with van der Waals surface area (Å²) in [6, 6.07) is 18.8. The number of amides is 1. The number of nitrogens with zero attached hydrogens (tertiary/aromatic N) is 1. The second-order valence-corrected chi connectivity index (χ2v) is 11.1. The molecule has 0 radical (unpaired) electrons. The maximum Gasteiger partial charge on any atom is 0.327 e. The van der Waals surface area contributed by atoms with Gasteiger partial charge in [0.15, 0.2) is 0 Å². The molecule has 9 heteroatoms. The number of sulfonamides is 1. The van der Waals surface area contributed by atoms with E-state index in [1.54, 1.807) is 36.4 Å². The highest BCUT2D eigenvalue weighted by Gasteiger charge is 2.45. The quantitative estimate of drug-likeness (QED) is 0.378. The van der Waals surface area contributed by atoms with Crippen molar-refractivity contribution in [3.8, 4) is 11.1 Å². The molecule has 1 amide bonds. The molecule has 0 saturated heterocycles. The summed E-state index contributed by atoms with van der Waals surface area (Å²) in [5.74, 6) is -3.11. The summed E-state index contributed by atoms with van der Waals surface area (Å²) in [5, 5.41) is 10.1. The smallest absolute Gasteiger partial charge is 0.327 e. The number of unbranched alkanes of at least 4 members (excludes halogenated alkanes) is 1. The first-order valence-corrected chi connectivity index (χ1v) is 13.5. The summed E-state index contributed by atoms with van der Waals surface area (Å²) in [4.78, 5) is 26.4. The van der Waals surface area contributed by atoms with Gasteiger partial charge in [0.05, 0.1) is 10.8 Å². The molecule has 0 aliphatic heterocycles. The maximum absolute atomic E-state index is 14.2. The van der Waals surface area contributed by atoms with Gasteiger partial charge in [-0.2, -0.15) is 0 Å². The van der Waals surface area contributed by atoms with Gasteiger partial charge in [-0.15, -0.1) is 0 Å². The monoisotopic (exact) mass is 556 g/mol. The van der Waals surface area contributed by atoms with Crippen molar-refractivity contribution in [1.29, 1.82) is 0 Å². The molecule has 0 heterocycles. The first kappa shape index (κ1) is 25.1. The molecule has 35 heavy (non-hydrogen) atoms. The van der Waals surface area contributed by atoms with Crippen molar-refractivity contribution in [3.05, 3.63) is 88.4 Å². The third-order valence-corrected chi connectivity index (χ3v) is 8.52. The van der Waals surface area contributed by atoms with Crippen molar-refractivity contribution in [2.75, 3.05) is 6.54 Å². The van der Waals surface area contributed by atoms with Gasteiger partial charge in [-0.3, -0.25) is 4.79 Å². The van der Waals surface area contributed by atoms with Gasteiger partial charge in [0, 0.05) is 4.47 Å². The Morgan fingerprint density at radius 1 is 0.914 bits per heavy atom. The van der Waals surface area contributed by atoms with Gasteiger partial charge < -0.3 is 10.8 Å². The molecule has 1 aliphatic carbocycles. The van der Waals surface area contributed by atoms with Crippen LogP contribution in [-0.2, 0) is 19.6 Å². The molecule has 0 aromatic heterocycles. The predicted molar refractivity (Wildman–Crippen MR) is 136 cm³/mol. The standard InChI is InChI=1S/C26H25BrN2O5S/c27-17-12-14-18(15-13-17)35(33,34)29(23(26(31)32)11-5-6-16-28)25(30)24-21-9-3-1-7-19(21)20-8-2-4-10-22(20)24/h1-4,7-10,12-15,23-24H,5-6,11,16,28H2,(H,31,32)/t23-/m0/s1. The summed E-state index contributed by atoms with van der Waals surface area (Å²) < 4.78 is 28.9. The van der Waals surface area contributed by atoms with Crippen LogP contribution in [0.25, 0.3) is 11.1 Å². The Hall–Kier alpha value is -3.01. The maximum atomic E-state index is 14.2. The highest BCUT2D eigenvalue weighted by Crippen LogP contribution is 2.46. The van der Waals surface area contributed by atoms with Gasteiger partial charge >= 0.3 is 5.97 Å². The highest BCUT2D eigenvalue weighted by molar-refractivity contribution is 9.10. The summed E-state index contributed by atoms with van der Waals surface area (Å²) >= 11 is 3.28. The highest BCUT2D eigenvalue weighted by atomic mass is 79.9. The number of hydrogen-bond acceptors (Lipinski definition) is 5. The number of nitrogens with two attached hydrogens (primary N) is 1. The number of carboxylic acids is 1. The Kier molecular flexibility index (Phi) is 7.39. The number of halogens is 1. The van der Waals surface area contributed by atoms with E-state index < -0.39 is 33.9 Å². The Bertz CT molecular complexity index is 1310. The van der Waals surface area contributed by atoms with Crippen LogP contribution in [0.15, 0.2) is 82.2 Å². The molecule has 3 aromatic carbocycles. The van der Waals surface area contributed by atoms with Gasteiger partial charge in [-0.1, -0.05) is 64.5 Å². The minimum Gasteiger partial charge on any atom is -0.480 e. The zero-order valence-corrected chi connectivity index (χ0v) is 21.2. The van der Waals surface area contributed by atoms with Gasteiger partial charge in [0.2, 0.25) is 5.91 Å². The Balaban J connectivity index is 1.87. The first-order chi connectivity index (χ1) is 16.8. The Morgan fingerprint density at radius 3 is 1.97 bits per heavy atom. The molecular weight excluding hydrogens is 532 g/mol. The predicted octanol–water partition coefficient (Wildman–Crippen LogP) is 4.36. The van der Waals surface area contributed by atoms with Gasteiger partial charge in [-0.25, -0.2) is 17.5 Å². The van der Waals surface area contributed by atoms with Crippen LogP contribution < -0.4 is 5.73 Å². The number of benzene rings is 3. The summed E-state index contributed by atoms with van der Waals surface area (Å²) in [5.41, 5.74) is 8.54. The van der Waals surface area contributed by atoms with Crippen molar-refractivity contribution in [2.45, 2.75) is 36.1 Å². The van der Waals surface area contributed by atoms with Gasteiger partial charge in [-0.05, 0) is 72.3 Å². The van der Waals surface area contributed by atoms with E-state index >= 15 is 0 Å². The molecule has 0 saturated carbocycles. The lowest BCUT2D eigenvalue weighted by Gasteiger charge is -2.31. The number of carbonyl (C=O) groups excluding carboxylic acids is 1. The lowest BCUT2D eigenvalue weighted by molar-refractivity contribution is -0.146. The number of carbonyl (C=O) groups is 2. The van der Waals surface area contributed by atoms with Gasteiger partial charge in [0.25, 0.3) is 10.0 Å². The SMILES string of the molecule is NCCCC[C@@H](C(=O)O)N(C(=O)C1c2ccccc2-c2ccccc21)S(=O)(=O)c1ccc(Br)cc1. The van der Waals surface area contributed by atoms with Crippen LogP contribution >= 0.6 is 15.9 Å². The number of fused-ring (bicyclic) bond motifs is 3. The van der Waals surface area contributed by atoms with Crippen molar-refractivity contribution in [3.63, 3.8) is 0 Å². The van der Waals surface area contributed by atoms with Crippen LogP contribution in [0.2, 0.25) is 0 Å². The second-order valence-electron chi connectivity index (χ2n) is 8.34. The molecule has 0 unspecified atom stereocenters. The normalized spacial score (nSPS) is 13.7. The third-order valence-electron chi connectivity index (χ3n) is 6.17. The zero-order valence-electron chi connectivity index (χ0n) is 18.8. The van der Waals surface area contributed by atoms with Crippen LogP contribution in [0.5, 0.6) is 0 Å². The fourth-order valence-electron chi connectivity index (χ4n) is 4.53. The summed E-state index contributed by atoms with van der Waals surface area (Å²) in [7, 11) is -4.49. The van der Waals surface area contributed by atoms with E-state index in [1.807, 2.05) is 24.3 Å². The van der Waals surface area contributed by atoms with Crippen molar-refractivity contribution >= 4 is 37.8 Å². The largest absolute Gasteiger partial charge is 0.480 e. The number of rotatable bonds is 9. The van der Waals surface area contributed by atoms with Crippen LogP contribution in [0.4, 0.5) is 0 Å². The number of hydrogen-bond donors (Lipinski definition) is 2. The van der Waals surface area contributed by atoms with E-state index in [-0.39, 0.29) is 11.3 Å². The summed E-state index contributed by atoms with van der Waals surface area (Å²) in [6.07, 6.45) is 0.841. The van der Waals surface area contributed by atoms with E-state index in [0.717, 1.165) is 11.1 Å². The summed E-state index contributed by atoms with van der Waals surface area (Å²) in [6.45, 7) is 0.336. The van der Waals surface area contributed by atoms with E-state index in [1.165, 1.54) is 12.1 Å². The fourth-order valence-corrected chi connectivity index (χ4v) is 6.38. The van der Waals surface area contributed by atoms with E-state index in [4.69, 9.17) is 5.73 Å². The van der Waals surface area contributed by atoms with Crippen LogP contribution in [0, 0.1) is 0 Å². The molecule has 0 bridgehead atoms. The average molecular weight is 557 g/mol. The fraction of sp³-hybridized carbons (Fsp3) is 0.231. The molecule has 0 fully saturated rings. The van der Waals surface area contributed by atoms with E-state index in [2.05, 4.69) is 15.9 Å². The molecule has 0 spiro atoms. The van der Waals surface area contributed by atoms with E-state index in [0.29, 0.717) is 39.3 Å². The molecule has 3 N–H and O–H groups in total. The molecule has 182 valence electrons. The number of aliphatic carboxylic acids is 1. The van der Waals surface area contributed by atoms with Crippen molar-refractivity contribution in [2.24, 2.45) is 5.73 Å². The van der Waals surface area contributed by atoms with E-state index in [9.17, 15) is 23.1 Å². The lowest BCUT2D eigenvalue weighted by atomic mass is 9.95. The van der Waals surface area contributed by atoms with Gasteiger partial charge in [0.1, 0.15) is 6.04 Å². The minimum absolute atomic E-state index is 0.0377. The topological polar surface area (TPSA) is 118 Å². The molecule has 3 aromatic rings. The van der Waals surface area contributed by atoms with Crippen molar-refractivity contribution in [1.82, 2.24) is 4.31 Å². The first-order valence-electron chi connectivity index (χ1n) is 11.2. The zero-order chi connectivity index (χ0) is 25.2. The third kappa shape index (κ3) is 4.76. The number of carboxylic acid groups (broad SMARTS) is 1. The van der Waals surface area contributed by atoms with Crippen LogP contribution in [0.3, 0.4) is 0 Å². The molecule has 1 aliphatic rings. The molecule has 1 atom stereocenters. The molecular formula is C26H25BrN2O5S. The van der Waals surface area contributed by atoms with Crippen LogP contribution in [-0.4, -0.2) is 42.3 Å². The Morgan fingerprint density at radius 2 is 1.46 bits per heavy atom. The molecule has 7 nitrogen and oxygen atoms in total. The van der Waals surface area contributed by atoms with Crippen molar-refractivity contribution < 1.29 is 23.1 Å². The average Bonchev–Trinajstić information content (AvgIpc) is 3.18. The lowest BCUT2D eigenvalue weighted by Crippen LogP contribution is -2.50. The van der Waals surface area contributed by atoms with Crippen LogP contribution in [0.1, 0.15) is 36.3 Å². The molecule has 4 rings (SSSR count). The Labute approximate surface area is 212 Å². The second kappa shape index (κ2) is 10.3. The minimum atomic E-state index is -4.49.